The van der Waals surface area contributed by atoms with Crippen molar-refractivity contribution in [3.8, 4) is 0 Å². The SMILES string of the molecule is CCCCCCCN(CCCCO)CCCCCCC. The predicted molar refractivity (Wildman–Crippen MR) is 90.3 cm³/mol. The minimum Gasteiger partial charge on any atom is -0.396 e. The van der Waals surface area contributed by atoms with Gasteiger partial charge in [-0.05, 0) is 45.3 Å². The number of nitrogens with zero attached hydrogens (tertiary/aromatic N) is 1. The zero-order chi connectivity index (χ0) is 14.9. The van der Waals surface area contributed by atoms with Crippen molar-refractivity contribution in [2.24, 2.45) is 0 Å². The van der Waals surface area contributed by atoms with Crippen LogP contribution in [0.15, 0.2) is 0 Å². The molecule has 0 rings (SSSR count). The van der Waals surface area contributed by atoms with Crippen LogP contribution < -0.4 is 0 Å². The third-order valence-electron chi connectivity index (χ3n) is 4.04. The van der Waals surface area contributed by atoms with E-state index in [0.29, 0.717) is 6.61 Å². The maximum Gasteiger partial charge on any atom is 0.0431 e. The molecule has 0 unspecified atom stereocenters. The van der Waals surface area contributed by atoms with E-state index < -0.39 is 0 Å². The monoisotopic (exact) mass is 285 g/mol. The summed E-state index contributed by atoms with van der Waals surface area (Å²) in [5.41, 5.74) is 0. The van der Waals surface area contributed by atoms with Crippen molar-refractivity contribution in [2.45, 2.75) is 90.9 Å². The van der Waals surface area contributed by atoms with Crippen LogP contribution in [0.4, 0.5) is 0 Å². The lowest BCUT2D eigenvalue weighted by atomic mass is 10.1. The highest BCUT2D eigenvalue weighted by Gasteiger charge is 2.04. The zero-order valence-corrected chi connectivity index (χ0v) is 14.2. The Morgan fingerprint density at radius 3 is 1.35 bits per heavy atom. The Hall–Kier alpha value is -0.0800. The van der Waals surface area contributed by atoms with Crippen LogP contribution in [0.1, 0.15) is 90.9 Å². The first-order valence-corrected chi connectivity index (χ1v) is 9.18. The van der Waals surface area contributed by atoms with Gasteiger partial charge in [0, 0.05) is 6.61 Å². The molecular formula is C18H39NO. The Morgan fingerprint density at radius 2 is 0.950 bits per heavy atom. The molecule has 0 aromatic heterocycles. The van der Waals surface area contributed by atoms with Crippen LogP contribution in [0.3, 0.4) is 0 Å². The van der Waals surface area contributed by atoms with Crippen molar-refractivity contribution in [3.63, 3.8) is 0 Å². The smallest absolute Gasteiger partial charge is 0.0431 e. The van der Waals surface area contributed by atoms with Gasteiger partial charge in [0.25, 0.3) is 0 Å². The van der Waals surface area contributed by atoms with Crippen molar-refractivity contribution in [1.82, 2.24) is 4.90 Å². The molecule has 20 heavy (non-hydrogen) atoms. The van der Waals surface area contributed by atoms with E-state index in [1.54, 1.807) is 0 Å². The molecule has 0 fully saturated rings. The second-order valence-corrected chi connectivity index (χ2v) is 6.10. The quantitative estimate of drug-likeness (QED) is 0.403. The first-order valence-electron chi connectivity index (χ1n) is 9.18. The first-order chi connectivity index (χ1) is 9.85. The molecular weight excluding hydrogens is 246 g/mol. The Morgan fingerprint density at radius 1 is 0.550 bits per heavy atom. The van der Waals surface area contributed by atoms with Gasteiger partial charge in [-0.2, -0.15) is 0 Å². The minimum atomic E-state index is 0.348. The Kier molecular flexibility index (Phi) is 16.9. The summed E-state index contributed by atoms with van der Waals surface area (Å²) in [6.07, 6.45) is 15.8. The van der Waals surface area contributed by atoms with Gasteiger partial charge in [0.1, 0.15) is 0 Å². The van der Waals surface area contributed by atoms with Gasteiger partial charge in [-0.25, -0.2) is 0 Å². The summed E-state index contributed by atoms with van der Waals surface area (Å²) in [7, 11) is 0. The molecule has 2 nitrogen and oxygen atoms in total. The van der Waals surface area contributed by atoms with E-state index in [2.05, 4.69) is 18.7 Å². The van der Waals surface area contributed by atoms with E-state index in [1.807, 2.05) is 0 Å². The topological polar surface area (TPSA) is 23.5 Å². The van der Waals surface area contributed by atoms with Gasteiger partial charge in [-0.1, -0.05) is 65.2 Å². The standard InChI is InChI=1S/C18H39NO/c1-3-5-7-9-11-15-19(17-13-14-18-20)16-12-10-8-6-4-2/h20H,3-18H2,1-2H3. The molecule has 2 heteroatoms. The van der Waals surface area contributed by atoms with Crippen LogP contribution in [0.2, 0.25) is 0 Å². The number of rotatable bonds is 16. The van der Waals surface area contributed by atoms with Crippen LogP contribution >= 0.6 is 0 Å². The normalized spacial score (nSPS) is 11.4. The molecule has 0 aromatic carbocycles. The minimum absolute atomic E-state index is 0.348. The van der Waals surface area contributed by atoms with Crippen LogP contribution in [0.25, 0.3) is 0 Å². The Balaban J connectivity index is 3.64. The van der Waals surface area contributed by atoms with E-state index in [-0.39, 0.29) is 0 Å². The van der Waals surface area contributed by atoms with Gasteiger partial charge >= 0.3 is 0 Å². The molecule has 0 aliphatic carbocycles. The second-order valence-electron chi connectivity index (χ2n) is 6.10. The van der Waals surface area contributed by atoms with Crippen molar-refractivity contribution in [1.29, 1.82) is 0 Å². The molecule has 1 N–H and O–H groups in total. The Bertz CT molecular complexity index is 159. The van der Waals surface area contributed by atoms with E-state index in [9.17, 15) is 0 Å². The summed E-state index contributed by atoms with van der Waals surface area (Å²) < 4.78 is 0. The molecule has 0 radical (unpaired) electrons. The van der Waals surface area contributed by atoms with Crippen LogP contribution in [-0.4, -0.2) is 36.2 Å². The number of hydrogen-bond donors (Lipinski definition) is 1. The van der Waals surface area contributed by atoms with E-state index in [4.69, 9.17) is 5.11 Å². The van der Waals surface area contributed by atoms with E-state index in [1.165, 1.54) is 83.8 Å². The molecule has 0 atom stereocenters. The maximum atomic E-state index is 8.91. The fraction of sp³-hybridized carbons (Fsp3) is 1.00. The van der Waals surface area contributed by atoms with Crippen molar-refractivity contribution in [3.05, 3.63) is 0 Å². The molecule has 0 aromatic rings. The summed E-state index contributed by atoms with van der Waals surface area (Å²) in [5.74, 6) is 0. The molecule has 0 amide bonds. The van der Waals surface area contributed by atoms with Gasteiger partial charge in [0.2, 0.25) is 0 Å². The predicted octanol–water partition coefficient (Wildman–Crippen LogP) is 5.00. The van der Waals surface area contributed by atoms with Gasteiger partial charge in [-0.15, -0.1) is 0 Å². The van der Waals surface area contributed by atoms with Gasteiger partial charge in [0.05, 0.1) is 0 Å². The molecule has 0 bridgehead atoms. The average molecular weight is 286 g/mol. The largest absolute Gasteiger partial charge is 0.396 e. The summed E-state index contributed by atoms with van der Waals surface area (Å²) in [6, 6.07) is 0. The second kappa shape index (κ2) is 17.0. The summed E-state index contributed by atoms with van der Waals surface area (Å²) in [5, 5.41) is 8.91. The Labute approximate surface area is 127 Å². The van der Waals surface area contributed by atoms with Crippen LogP contribution in [0, 0.1) is 0 Å². The molecule has 122 valence electrons. The van der Waals surface area contributed by atoms with Crippen molar-refractivity contribution in [2.75, 3.05) is 26.2 Å². The van der Waals surface area contributed by atoms with E-state index in [0.717, 1.165) is 12.8 Å². The average Bonchev–Trinajstić information content (AvgIpc) is 2.46. The fourth-order valence-corrected chi connectivity index (χ4v) is 2.66. The summed E-state index contributed by atoms with van der Waals surface area (Å²) in [6.45, 7) is 8.61. The van der Waals surface area contributed by atoms with Crippen molar-refractivity contribution < 1.29 is 5.11 Å². The molecule has 0 saturated carbocycles. The first kappa shape index (κ1) is 19.9. The summed E-state index contributed by atoms with van der Waals surface area (Å²) >= 11 is 0. The molecule has 0 spiro atoms. The lowest BCUT2D eigenvalue weighted by molar-refractivity contribution is 0.234. The third-order valence-corrected chi connectivity index (χ3v) is 4.04. The van der Waals surface area contributed by atoms with Crippen LogP contribution in [-0.2, 0) is 0 Å². The number of aliphatic hydroxyl groups is 1. The van der Waals surface area contributed by atoms with Gasteiger partial charge < -0.3 is 10.0 Å². The number of hydrogen-bond acceptors (Lipinski definition) is 2. The molecule has 0 aliphatic heterocycles. The number of aliphatic hydroxyl groups excluding tert-OH is 1. The highest BCUT2D eigenvalue weighted by molar-refractivity contribution is 4.59. The molecule has 0 aliphatic rings. The highest BCUT2D eigenvalue weighted by Crippen LogP contribution is 2.08. The third kappa shape index (κ3) is 14.3. The fourth-order valence-electron chi connectivity index (χ4n) is 2.66. The van der Waals surface area contributed by atoms with Gasteiger partial charge in [-0.3, -0.25) is 0 Å². The number of unbranched alkanes of at least 4 members (excludes halogenated alkanes) is 9. The van der Waals surface area contributed by atoms with Gasteiger partial charge in [0.15, 0.2) is 0 Å². The highest BCUT2D eigenvalue weighted by atomic mass is 16.2. The molecule has 0 heterocycles. The summed E-state index contributed by atoms with van der Waals surface area (Å²) in [4.78, 5) is 2.63. The molecule has 0 saturated heterocycles. The zero-order valence-electron chi connectivity index (χ0n) is 14.2. The van der Waals surface area contributed by atoms with E-state index >= 15 is 0 Å². The van der Waals surface area contributed by atoms with Crippen molar-refractivity contribution >= 4 is 0 Å². The lowest BCUT2D eigenvalue weighted by Gasteiger charge is -2.22. The van der Waals surface area contributed by atoms with Crippen LogP contribution in [0.5, 0.6) is 0 Å². The maximum absolute atomic E-state index is 8.91. The lowest BCUT2D eigenvalue weighted by Crippen LogP contribution is -2.27.